The van der Waals surface area contributed by atoms with Crippen molar-refractivity contribution in [2.75, 3.05) is 5.32 Å². The first-order valence-electron chi connectivity index (χ1n) is 4.87. The molecule has 0 aliphatic carbocycles. The summed E-state index contributed by atoms with van der Waals surface area (Å²) in [6.45, 7) is 5.69. The fourth-order valence-electron chi connectivity index (χ4n) is 1.29. The average Bonchev–Trinajstić information content (AvgIpc) is 2.16. The van der Waals surface area contributed by atoms with Crippen LogP contribution in [0.3, 0.4) is 0 Å². The molecule has 0 aliphatic heterocycles. The Morgan fingerprint density at radius 3 is 2.57 bits per heavy atom. The Labute approximate surface area is 84.4 Å². The van der Waals surface area contributed by atoms with Gasteiger partial charge in [-0.1, -0.05) is 6.92 Å². The first-order chi connectivity index (χ1) is 6.65. The van der Waals surface area contributed by atoms with Crippen LogP contribution in [0.15, 0.2) is 12.4 Å². The summed E-state index contributed by atoms with van der Waals surface area (Å²) in [4.78, 5) is 8.28. The molecule has 0 aliphatic rings. The second-order valence-corrected chi connectivity index (χ2v) is 3.39. The summed E-state index contributed by atoms with van der Waals surface area (Å²) in [7, 11) is 0. The Balaban J connectivity index is 2.72. The van der Waals surface area contributed by atoms with Crippen molar-refractivity contribution in [1.82, 2.24) is 9.97 Å². The molecule has 2 N–H and O–H groups in total. The lowest BCUT2D eigenvalue weighted by Gasteiger charge is -2.20. The van der Waals surface area contributed by atoms with Gasteiger partial charge in [0.1, 0.15) is 5.82 Å². The van der Waals surface area contributed by atoms with Crippen LogP contribution in [0.2, 0.25) is 0 Å². The fourth-order valence-corrected chi connectivity index (χ4v) is 1.29. The maximum atomic E-state index is 9.45. The quantitative estimate of drug-likeness (QED) is 0.761. The first kappa shape index (κ1) is 10.9. The summed E-state index contributed by atoms with van der Waals surface area (Å²) >= 11 is 0. The summed E-state index contributed by atoms with van der Waals surface area (Å²) in [6, 6.07) is 0.0328. The van der Waals surface area contributed by atoms with Crippen LogP contribution >= 0.6 is 0 Å². The molecule has 1 rings (SSSR count). The standard InChI is InChI=1S/C10H17N3O/c1-4-9(8(3)14)13-10-7(2)11-5-6-12-10/h5-6,8-9,14H,4H2,1-3H3,(H,12,13). The molecule has 1 heterocycles. The number of nitrogens with zero attached hydrogens (tertiary/aromatic N) is 2. The van der Waals surface area contributed by atoms with Crippen LogP contribution in [0.1, 0.15) is 26.0 Å². The van der Waals surface area contributed by atoms with Crippen molar-refractivity contribution in [3.63, 3.8) is 0 Å². The summed E-state index contributed by atoms with van der Waals surface area (Å²) < 4.78 is 0. The number of aryl methyl sites for hydroxylation is 1. The zero-order valence-corrected chi connectivity index (χ0v) is 8.86. The Bertz CT molecular complexity index is 288. The number of hydrogen-bond donors (Lipinski definition) is 2. The van der Waals surface area contributed by atoms with E-state index in [2.05, 4.69) is 15.3 Å². The monoisotopic (exact) mass is 195 g/mol. The molecule has 1 aromatic heterocycles. The summed E-state index contributed by atoms with van der Waals surface area (Å²) in [5.41, 5.74) is 0.853. The summed E-state index contributed by atoms with van der Waals surface area (Å²) in [6.07, 6.45) is 3.77. The highest BCUT2D eigenvalue weighted by Gasteiger charge is 2.13. The van der Waals surface area contributed by atoms with E-state index in [1.165, 1.54) is 0 Å². The minimum Gasteiger partial charge on any atom is -0.391 e. The van der Waals surface area contributed by atoms with E-state index < -0.39 is 0 Å². The lowest BCUT2D eigenvalue weighted by molar-refractivity contribution is 0.169. The summed E-state index contributed by atoms with van der Waals surface area (Å²) in [5, 5.41) is 12.6. The van der Waals surface area contributed by atoms with Crippen molar-refractivity contribution in [2.24, 2.45) is 0 Å². The van der Waals surface area contributed by atoms with Gasteiger partial charge in [0.25, 0.3) is 0 Å². The maximum Gasteiger partial charge on any atom is 0.147 e. The molecule has 0 amide bonds. The van der Waals surface area contributed by atoms with Gasteiger partial charge in [-0.15, -0.1) is 0 Å². The third kappa shape index (κ3) is 2.67. The average molecular weight is 195 g/mol. The van der Waals surface area contributed by atoms with Crippen LogP contribution < -0.4 is 5.32 Å². The third-order valence-electron chi connectivity index (χ3n) is 2.23. The third-order valence-corrected chi connectivity index (χ3v) is 2.23. The second-order valence-electron chi connectivity index (χ2n) is 3.39. The van der Waals surface area contributed by atoms with Gasteiger partial charge in [-0.2, -0.15) is 0 Å². The highest BCUT2D eigenvalue weighted by Crippen LogP contribution is 2.11. The van der Waals surface area contributed by atoms with E-state index in [-0.39, 0.29) is 12.1 Å². The van der Waals surface area contributed by atoms with Gasteiger partial charge in [0.15, 0.2) is 0 Å². The van der Waals surface area contributed by atoms with Crippen molar-refractivity contribution >= 4 is 5.82 Å². The number of aliphatic hydroxyl groups is 1. The van der Waals surface area contributed by atoms with E-state index in [4.69, 9.17) is 0 Å². The molecule has 1 aromatic rings. The van der Waals surface area contributed by atoms with Gasteiger partial charge in [0.2, 0.25) is 0 Å². The van der Waals surface area contributed by atoms with Crippen LogP contribution in [0.5, 0.6) is 0 Å². The minimum atomic E-state index is -0.388. The Hall–Kier alpha value is -1.16. The van der Waals surface area contributed by atoms with Gasteiger partial charge in [-0.25, -0.2) is 4.98 Å². The SMILES string of the molecule is CCC(Nc1nccnc1C)C(C)O. The van der Waals surface area contributed by atoms with Crippen molar-refractivity contribution < 1.29 is 5.11 Å². The number of hydrogen-bond acceptors (Lipinski definition) is 4. The van der Waals surface area contributed by atoms with Crippen LogP contribution in [0.4, 0.5) is 5.82 Å². The second kappa shape index (κ2) is 4.91. The first-order valence-corrected chi connectivity index (χ1v) is 4.87. The Morgan fingerprint density at radius 1 is 1.43 bits per heavy atom. The van der Waals surface area contributed by atoms with E-state index in [1.807, 2.05) is 13.8 Å². The van der Waals surface area contributed by atoms with E-state index in [0.29, 0.717) is 0 Å². The van der Waals surface area contributed by atoms with E-state index in [1.54, 1.807) is 19.3 Å². The number of nitrogens with one attached hydrogen (secondary N) is 1. The highest BCUT2D eigenvalue weighted by molar-refractivity contribution is 5.39. The molecule has 0 fully saturated rings. The molecule has 0 spiro atoms. The van der Waals surface area contributed by atoms with Crippen LogP contribution in [-0.2, 0) is 0 Å². The Kier molecular flexibility index (Phi) is 3.83. The number of rotatable bonds is 4. The minimum absolute atomic E-state index is 0.0328. The molecule has 0 aromatic carbocycles. The lowest BCUT2D eigenvalue weighted by atomic mass is 10.1. The van der Waals surface area contributed by atoms with Crippen LogP contribution in [0.25, 0.3) is 0 Å². The van der Waals surface area contributed by atoms with Gasteiger partial charge >= 0.3 is 0 Å². The molecular formula is C10H17N3O. The molecule has 0 bridgehead atoms. The van der Waals surface area contributed by atoms with Crippen molar-refractivity contribution in [1.29, 1.82) is 0 Å². The zero-order chi connectivity index (χ0) is 10.6. The number of aromatic nitrogens is 2. The predicted octanol–water partition coefficient (Wildman–Crippen LogP) is 1.36. The van der Waals surface area contributed by atoms with Gasteiger partial charge in [-0.05, 0) is 20.3 Å². The predicted molar refractivity (Wildman–Crippen MR) is 56.2 cm³/mol. The van der Waals surface area contributed by atoms with Crippen molar-refractivity contribution in [3.05, 3.63) is 18.1 Å². The van der Waals surface area contributed by atoms with Crippen molar-refractivity contribution in [2.45, 2.75) is 39.3 Å². The maximum absolute atomic E-state index is 9.45. The van der Waals surface area contributed by atoms with Crippen LogP contribution in [0, 0.1) is 6.92 Å². The topological polar surface area (TPSA) is 58.0 Å². The lowest BCUT2D eigenvalue weighted by Crippen LogP contribution is -2.31. The molecule has 2 atom stereocenters. The molecule has 0 radical (unpaired) electrons. The van der Waals surface area contributed by atoms with E-state index >= 15 is 0 Å². The zero-order valence-electron chi connectivity index (χ0n) is 8.86. The number of aliphatic hydroxyl groups excluding tert-OH is 1. The van der Waals surface area contributed by atoms with Gasteiger partial charge in [0.05, 0.1) is 17.8 Å². The largest absolute Gasteiger partial charge is 0.391 e. The molecule has 0 saturated carbocycles. The van der Waals surface area contributed by atoms with E-state index in [9.17, 15) is 5.11 Å². The number of anilines is 1. The molecule has 4 heteroatoms. The molecule has 78 valence electrons. The van der Waals surface area contributed by atoms with Crippen LogP contribution in [-0.4, -0.2) is 27.2 Å². The Morgan fingerprint density at radius 2 is 2.07 bits per heavy atom. The smallest absolute Gasteiger partial charge is 0.147 e. The summed E-state index contributed by atoms with van der Waals surface area (Å²) in [5.74, 6) is 0.750. The van der Waals surface area contributed by atoms with Crippen molar-refractivity contribution in [3.8, 4) is 0 Å². The molecule has 0 saturated heterocycles. The van der Waals surface area contributed by atoms with Gasteiger partial charge < -0.3 is 10.4 Å². The molecular weight excluding hydrogens is 178 g/mol. The van der Waals surface area contributed by atoms with E-state index in [0.717, 1.165) is 17.9 Å². The highest BCUT2D eigenvalue weighted by atomic mass is 16.3. The van der Waals surface area contributed by atoms with Gasteiger partial charge in [0, 0.05) is 12.4 Å². The van der Waals surface area contributed by atoms with Gasteiger partial charge in [-0.3, -0.25) is 4.98 Å². The fraction of sp³-hybridized carbons (Fsp3) is 0.600. The molecule has 2 unspecified atom stereocenters. The molecule has 14 heavy (non-hydrogen) atoms. The molecule has 4 nitrogen and oxygen atoms in total. The normalized spacial score (nSPS) is 14.9.